The molecule has 17 heavy (non-hydrogen) atoms. The maximum absolute atomic E-state index is 10.9. The Labute approximate surface area is 107 Å². The summed E-state index contributed by atoms with van der Waals surface area (Å²) in [6.07, 6.45) is 0. The first-order valence-electron chi connectivity index (χ1n) is 4.86. The number of aliphatic hydroxyl groups is 2. The summed E-state index contributed by atoms with van der Waals surface area (Å²) in [6, 6.07) is 4.52. The first kappa shape index (κ1) is 13.9. The lowest BCUT2D eigenvalue weighted by Gasteiger charge is -2.27. The molecule has 0 spiro atoms. The number of benzene rings is 1. The molecule has 0 aliphatic carbocycles. The molecule has 0 atom stereocenters. The Hall–Kier alpha value is -1.18. The van der Waals surface area contributed by atoms with Gasteiger partial charge >= 0.3 is 0 Å². The van der Waals surface area contributed by atoms with Gasteiger partial charge in [-0.05, 0) is 19.1 Å². The molecule has 0 aromatic heterocycles. The lowest BCUT2D eigenvalue weighted by atomic mass is 10.0. The van der Waals surface area contributed by atoms with Crippen molar-refractivity contribution in [3.8, 4) is 0 Å². The normalized spacial score (nSPS) is 11.3. The van der Waals surface area contributed by atoms with Gasteiger partial charge in [-0.25, -0.2) is 0 Å². The number of aliphatic hydroxyl groups excluding tert-OH is 2. The Morgan fingerprint density at radius 2 is 2.06 bits per heavy atom. The van der Waals surface area contributed by atoms with Crippen LogP contribution in [0.15, 0.2) is 22.7 Å². The second-order valence-corrected chi connectivity index (χ2v) is 4.84. The van der Waals surface area contributed by atoms with Crippen LogP contribution in [-0.2, 0) is 0 Å². The van der Waals surface area contributed by atoms with Gasteiger partial charge < -0.3 is 15.5 Å². The smallest absolute Gasteiger partial charge is 0.293 e. The van der Waals surface area contributed by atoms with Gasteiger partial charge in [0.1, 0.15) is 5.69 Å². The summed E-state index contributed by atoms with van der Waals surface area (Å²) in [5, 5.41) is 31.9. The van der Waals surface area contributed by atoms with Crippen molar-refractivity contribution in [1.82, 2.24) is 0 Å². The molecule has 0 aliphatic heterocycles. The summed E-state index contributed by atoms with van der Waals surface area (Å²) in [5.74, 6) is 0. The minimum atomic E-state index is -1.00. The first-order chi connectivity index (χ1) is 7.91. The van der Waals surface area contributed by atoms with Crippen molar-refractivity contribution in [1.29, 1.82) is 0 Å². The van der Waals surface area contributed by atoms with Crippen LogP contribution in [-0.4, -0.2) is 33.9 Å². The van der Waals surface area contributed by atoms with E-state index in [1.807, 2.05) is 0 Å². The topological polar surface area (TPSA) is 95.6 Å². The highest BCUT2D eigenvalue weighted by Gasteiger charge is 2.25. The van der Waals surface area contributed by atoms with Crippen LogP contribution in [0.3, 0.4) is 0 Å². The number of rotatable bonds is 5. The Balaban J connectivity index is 3.10. The Morgan fingerprint density at radius 3 is 2.53 bits per heavy atom. The van der Waals surface area contributed by atoms with Crippen molar-refractivity contribution in [2.75, 3.05) is 18.5 Å². The Morgan fingerprint density at radius 1 is 1.47 bits per heavy atom. The van der Waals surface area contributed by atoms with Crippen molar-refractivity contribution >= 4 is 27.3 Å². The van der Waals surface area contributed by atoms with E-state index in [-0.39, 0.29) is 24.6 Å². The summed E-state index contributed by atoms with van der Waals surface area (Å²) < 4.78 is 0.587. The van der Waals surface area contributed by atoms with E-state index in [0.717, 1.165) is 0 Å². The Kier molecular flexibility index (Phi) is 4.44. The average molecular weight is 305 g/mol. The quantitative estimate of drug-likeness (QED) is 0.566. The van der Waals surface area contributed by atoms with Crippen molar-refractivity contribution < 1.29 is 15.1 Å². The number of anilines is 1. The number of halogens is 1. The molecule has 1 rings (SSSR count). The highest BCUT2D eigenvalue weighted by atomic mass is 79.9. The van der Waals surface area contributed by atoms with E-state index >= 15 is 0 Å². The zero-order chi connectivity index (χ0) is 13.1. The number of hydrogen-bond donors (Lipinski definition) is 3. The van der Waals surface area contributed by atoms with Gasteiger partial charge in [-0.1, -0.05) is 15.9 Å². The molecule has 0 bridgehead atoms. The van der Waals surface area contributed by atoms with Gasteiger partial charge in [0.2, 0.25) is 0 Å². The van der Waals surface area contributed by atoms with E-state index < -0.39 is 10.5 Å². The third-order valence-electron chi connectivity index (χ3n) is 2.29. The molecule has 94 valence electrons. The molecule has 7 heteroatoms. The molecule has 1 aromatic rings. The fourth-order valence-corrected chi connectivity index (χ4v) is 1.56. The van der Waals surface area contributed by atoms with Gasteiger partial charge in [0.25, 0.3) is 5.69 Å². The van der Waals surface area contributed by atoms with Crippen molar-refractivity contribution in [2.24, 2.45) is 0 Å². The van der Waals surface area contributed by atoms with E-state index in [4.69, 9.17) is 10.2 Å². The third kappa shape index (κ3) is 3.39. The highest BCUT2D eigenvalue weighted by molar-refractivity contribution is 9.10. The van der Waals surface area contributed by atoms with Gasteiger partial charge in [-0.2, -0.15) is 0 Å². The molecule has 3 N–H and O–H groups in total. The minimum absolute atomic E-state index is 0.118. The Bertz CT molecular complexity index is 421. The molecule has 0 aliphatic rings. The molecule has 0 radical (unpaired) electrons. The van der Waals surface area contributed by atoms with Crippen LogP contribution in [0.4, 0.5) is 11.4 Å². The van der Waals surface area contributed by atoms with E-state index in [1.54, 1.807) is 13.0 Å². The predicted octanol–water partition coefficient (Wildman–Crippen LogP) is 1.51. The fourth-order valence-electron chi connectivity index (χ4n) is 1.22. The van der Waals surface area contributed by atoms with E-state index in [1.165, 1.54) is 12.1 Å². The number of hydrogen-bond acceptors (Lipinski definition) is 5. The number of nitrogens with one attached hydrogen (secondary N) is 1. The van der Waals surface area contributed by atoms with Gasteiger partial charge in [0.05, 0.1) is 23.7 Å². The van der Waals surface area contributed by atoms with Crippen molar-refractivity contribution in [3.63, 3.8) is 0 Å². The van der Waals surface area contributed by atoms with Crippen molar-refractivity contribution in [2.45, 2.75) is 12.5 Å². The summed E-state index contributed by atoms with van der Waals surface area (Å²) >= 11 is 3.15. The van der Waals surface area contributed by atoms with E-state index in [0.29, 0.717) is 4.47 Å². The van der Waals surface area contributed by atoms with Crippen LogP contribution in [0, 0.1) is 10.1 Å². The molecule has 0 saturated heterocycles. The summed E-state index contributed by atoms with van der Waals surface area (Å²) in [6.45, 7) is 0.895. The highest BCUT2D eigenvalue weighted by Crippen LogP contribution is 2.30. The van der Waals surface area contributed by atoms with Crippen LogP contribution >= 0.6 is 15.9 Å². The van der Waals surface area contributed by atoms with E-state index in [2.05, 4.69) is 21.2 Å². The van der Waals surface area contributed by atoms with Crippen LogP contribution in [0.25, 0.3) is 0 Å². The lowest BCUT2D eigenvalue weighted by molar-refractivity contribution is -0.384. The molecule has 0 saturated carbocycles. The number of nitrogens with zero attached hydrogens (tertiary/aromatic N) is 1. The fraction of sp³-hybridized carbons (Fsp3) is 0.400. The number of nitro benzene ring substituents is 1. The van der Waals surface area contributed by atoms with Crippen LogP contribution in [0.2, 0.25) is 0 Å². The lowest BCUT2D eigenvalue weighted by Crippen LogP contribution is -2.42. The number of nitro groups is 1. The molecule has 6 nitrogen and oxygen atoms in total. The third-order valence-corrected chi connectivity index (χ3v) is 2.78. The molecular formula is C10H13BrN2O4. The van der Waals surface area contributed by atoms with Crippen LogP contribution < -0.4 is 5.32 Å². The predicted molar refractivity (Wildman–Crippen MR) is 67.0 cm³/mol. The first-order valence-corrected chi connectivity index (χ1v) is 5.65. The summed E-state index contributed by atoms with van der Waals surface area (Å²) in [5.41, 5.74) is -0.866. The van der Waals surface area contributed by atoms with Gasteiger partial charge in [0.15, 0.2) is 0 Å². The zero-order valence-electron chi connectivity index (χ0n) is 9.18. The zero-order valence-corrected chi connectivity index (χ0v) is 10.8. The van der Waals surface area contributed by atoms with Gasteiger partial charge in [-0.3, -0.25) is 10.1 Å². The molecule has 1 aromatic carbocycles. The second-order valence-electron chi connectivity index (χ2n) is 3.92. The standard InChI is InChI=1S/C10H13BrN2O4/c1-10(5-14,6-15)12-8-3-2-7(11)4-9(8)13(16)17/h2-4,12,14-15H,5-6H2,1H3. The van der Waals surface area contributed by atoms with E-state index in [9.17, 15) is 10.1 Å². The van der Waals surface area contributed by atoms with Crippen LogP contribution in [0.5, 0.6) is 0 Å². The SMILES string of the molecule is CC(CO)(CO)Nc1ccc(Br)cc1[N+](=O)[O-]. The molecular weight excluding hydrogens is 292 g/mol. The monoisotopic (exact) mass is 304 g/mol. The second kappa shape index (κ2) is 5.44. The average Bonchev–Trinajstić information content (AvgIpc) is 2.31. The van der Waals surface area contributed by atoms with Crippen LogP contribution in [0.1, 0.15) is 6.92 Å². The summed E-state index contributed by atoms with van der Waals surface area (Å²) in [4.78, 5) is 10.3. The maximum atomic E-state index is 10.9. The summed E-state index contributed by atoms with van der Waals surface area (Å²) in [7, 11) is 0. The molecule has 0 unspecified atom stereocenters. The minimum Gasteiger partial charge on any atom is -0.394 e. The molecule has 0 amide bonds. The maximum Gasteiger partial charge on any atom is 0.293 e. The molecule has 0 heterocycles. The molecule has 0 fully saturated rings. The van der Waals surface area contributed by atoms with Gasteiger partial charge in [0, 0.05) is 10.5 Å². The largest absolute Gasteiger partial charge is 0.394 e. The van der Waals surface area contributed by atoms with Gasteiger partial charge in [-0.15, -0.1) is 0 Å². The van der Waals surface area contributed by atoms with Crippen molar-refractivity contribution in [3.05, 3.63) is 32.8 Å².